The third kappa shape index (κ3) is 5.97. The number of aromatic nitrogens is 1. The molecule has 65 heavy (non-hydrogen) atoms. The topological polar surface area (TPSA) is 4.93 Å². The predicted octanol–water partition coefficient (Wildman–Crippen LogP) is 16.9. The summed E-state index contributed by atoms with van der Waals surface area (Å²) in [6.45, 7) is 28.4. The minimum atomic E-state index is 0.00618. The van der Waals surface area contributed by atoms with Gasteiger partial charge in [0.1, 0.15) is 0 Å². The third-order valence-corrected chi connectivity index (χ3v) is 16.1. The van der Waals surface area contributed by atoms with Crippen molar-refractivity contribution in [1.29, 1.82) is 0 Å². The quantitative estimate of drug-likeness (QED) is 0.134. The smallest absolute Gasteiger partial charge is 0.257 e. The van der Waals surface area contributed by atoms with Crippen LogP contribution in [0.5, 0.6) is 0 Å². The lowest BCUT2D eigenvalue weighted by atomic mass is 9.79. The largest absolute Gasteiger partial charge is 0.389 e. The number of nitrogens with zero attached hydrogens (tertiary/aromatic N) is 1. The van der Waals surface area contributed by atoms with Gasteiger partial charge < -0.3 is 4.48 Å². The molecule has 2 heterocycles. The second-order valence-corrected chi connectivity index (χ2v) is 24.5. The summed E-state index contributed by atoms with van der Waals surface area (Å²) in [6.07, 6.45) is 7.53. The minimum Gasteiger partial charge on any atom is -0.389 e. The van der Waals surface area contributed by atoms with Gasteiger partial charge in [-0.3, -0.25) is 0 Å². The second-order valence-electron chi connectivity index (χ2n) is 24.5. The summed E-state index contributed by atoms with van der Waals surface area (Å²) in [5.74, 6) is 0. The van der Waals surface area contributed by atoms with Crippen LogP contribution in [-0.2, 0) is 53.7 Å². The van der Waals surface area contributed by atoms with Crippen molar-refractivity contribution in [2.75, 3.05) is 0 Å². The second kappa shape index (κ2) is 13.6. The molecule has 1 nitrogen and oxygen atoms in total. The van der Waals surface area contributed by atoms with Gasteiger partial charge in [0, 0.05) is 32.9 Å². The number of fused-ring (bicyclic) bond motifs is 16. The summed E-state index contributed by atoms with van der Waals surface area (Å²) < 4.78 is 2.75. The Kier molecular flexibility index (Phi) is 8.62. The highest BCUT2D eigenvalue weighted by atomic mass is 14.9. The Morgan fingerprint density at radius 3 is 1.45 bits per heavy atom. The summed E-state index contributed by atoms with van der Waals surface area (Å²) in [4.78, 5) is 0. The number of benzene rings is 5. The Morgan fingerprint density at radius 2 is 0.877 bits per heavy atom. The van der Waals surface area contributed by atoms with E-state index in [2.05, 4.69) is 186 Å². The van der Waals surface area contributed by atoms with Crippen LogP contribution in [0, 0.1) is 0 Å². The van der Waals surface area contributed by atoms with Gasteiger partial charge in [-0.2, -0.15) is 0 Å². The molecule has 0 amide bonds. The van der Waals surface area contributed by atoms with Crippen LogP contribution in [0.25, 0.3) is 87.1 Å². The maximum absolute atomic E-state index is 2.75. The molecule has 12 rings (SSSR count). The van der Waals surface area contributed by atoms with E-state index >= 15 is 0 Å². The van der Waals surface area contributed by atoms with E-state index in [-0.39, 0.29) is 21.7 Å². The van der Waals surface area contributed by atoms with Gasteiger partial charge in [0.05, 0.1) is 0 Å². The zero-order valence-electron chi connectivity index (χ0n) is 41.1. The van der Waals surface area contributed by atoms with E-state index in [1.54, 1.807) is 5.56 Å². The van der Waals surface area contributed by atoms with Crippen LogP contribution in [0.1, 0.15) is 146 Å². The highest BCUT2D eigenvalue weighted by molar-refractivity contribution is 6.47. The maximum Gasteiger partial charge on any atom is 0.257 e. The molecule has 0 saturated carbocycles. The fourth-order valence-corrected chi connectivity index (χ4v) is 12.6. The summed E-state index contributed by atoms with van der Waals surface area (Å²) in [5.41, 5.74) is 20.7. The SMILES string of the molecule is CC(C)(C)c1ccc2c(c1)CCCc1c-2c2c3c1c1ccc(C(C)(C)C)cc1c1cccc4c5cc(C(C)(C)C)ccc5c5c6c(n(c5c3c14)[B]C2)-c1ccc(C(C)(C)C)cc1CCC6. The van der Waals surface area contributed by atoms with Crippen molar-refractivity contribution < 1.29 is 0 Å². The van der Waals surface area contributed by atoms with Gasteiger partial charge in [-0.15, -0.1) is 0 Å². The molecule has 9 aromatic rings. The van der Waals surface area contributed by atoms with Gasteiger partial charge in [0.2, 0.25) is 0 Å². The van der Waals surface area contributed by atoms with Gasteiger partial charge >= 0.3 is 0 Å². The summed E-state index contributed by atoms with van der Waals surface area (Å²) in [6, 6.07) is 37.5. The molecule has 0 N–H and O–H groups in total. The molecule has 1 radical (unpaired) electrons. The van der Waals surface area contributed by atoms with E-state index in [0.717, 1.165) is 44.8 Å². The molecule has 0 bridgehead atoms. The lowest BCUT2D eigenvalue weighted by Crippen LogP contribution is -2.13. The normalized spacial score (nSPS) is 15.4. The Labute approximate surface area is 387 Å². The molecule has 0 unspecified atom stereocenters. The number of rotatable bonds is 0. The first-order valence-electron chi connectivity index (χ1n) is 24.8. The van der Waals surface area contributed by atoms with E-state index in [0.29, 0.717) is 0 Å². The molecule has 1 aromatic heterocycles. The molecule has 0 fully saturated rings. The molecule has 0 saturated heterocycles. The Bertz CT molecular complexity index is 3330. The number of hydrogen-bond donors (Lipinski definition) is 0. The van der Waals surface area contributed by atoms with Gasteiger partial charge in [0.25, 0.3) is 7.41 Å². The van der Waals surface area contributed by atoms with Crippen LogP contribution in [0.3, 0.4) is 0 Å². The van der Waals surface area contributed by atoms with E-state index in [4.69, 9.17) is 0 Å². The van der Waals surface area contributed by atoms with Crippen LogP contribution in [-0.4, -0.2) is 11.9 Å². The fourth-order valence-electron chi connectivity index (χ4n) is 12.6. The number of hydrogen-bond acceptors (Lipinski definition) is 0. The standard InChI is InChI=1S/C63H65BN/c1-60(2,3)37-22-26-41-35(30-37)16-13-20-47-52(41)51-34-64-65-58-42-27-23-38(61(4,5)6)31-36(42)17-14-21-48(58)55-46-29-25-40(63(10,11)12)33-50(46)44-19-15-18-43-49-32-39(62(7,8)9)24-28-45(49)54(47)56(51)57(53(43)44)59(55)65/h15,18-19,22-33H,13-14,16-17,20-21,34H2,1-12H3. The first-order chi connectivity index (χ1) is 30.8. The molecule has 0 spiro atoms. The molecule has 3 aliphatic rings. The molecule has 8 aromatic carbocycles. The van der Waals surface area contributed by atoms with Crippen molar-refractivity contribution in [3.8, 4) is 22.4 Å². The Morgan fingerprint density at radius 1 is 0.400 bits per heavy atom. The fraction of sp³-hybridized carbons (Fsp3) is 0.365. The molecule has 0 atom stereocenters. The molecular formula is C63H65BN. The minimum absolute atomic E-state index is 0.00618. The predicted molar refractivity (Wildman–Crippen MR) is 284 cm³/mol. The molecule has 325 valence electrons. The van der Waals surface area contributed by atoms with Crippen LogP contribution in [0.4, 0.5) is 0 Å². The average molecular weight is 847 g/mol. The van der Waals surface area contributed by atoms with Crippen LogP contribution in [0.2, 0.25) is 0 Å². The molecular weight excluding hydrogens is 782 g/mol. The Balaban J connectivity index is 1.39. The zero-order valence-corrected chi connectivity index (χ0v) is 41.1. The van der Waals surface area contributed by atoms with Crippen molar-refractivity contribution in [3.63, 3.8) is 0 Å². The summed E-state index contributed by atoms with van der Waals surface area (Å²) in [7, 11) is 2.64. The van der Waals surface area contributed by atoms with Crippen molar-refractivity contribution in [2.45, 2.75) is 150 Å². The lowest BCUT2D eigenvalue weighted by molar-refractivity contribution is 0.589. The summed E-state index contributed by atoms with van der Waals surface area (Å²) in [5, 5.41) is 15.6. The monoisotopic (exact) mass is 847 g/mol. The van der Waals surface area contributed by atoms with Crippen LogP contribution in [0.15, 0.2) is 91.0 Å². The van der Waals surface area contributed by atoms with Gasteiger partial charge in [0.15, 0.2) is 0 Å². The average Bonchev–Trinajstić information content (AvgIpc) is 3.38. The van der Waals surface area contributed by atoms with Crippen molar-refractivity contribution in [2.24, 2.45) is 0 Å². The molecule has 2 heteroatoms. The van der Waals surface area contributed by atoms with Gasteiger partial charge in [-0.25, -0.2) is 0 Å². The first-order valence-corrected chi connectivity index (χ1v) is 24.8. The first kappa shape index (κ1) is 41.1. The van der Waals surface area contributed by atoms with Gasteiger partial charge in [-0.1, -0.05) is 162 Å². The van der Waals surface area contributed by atoms with Crippen LogP contribution < -0.4 is 0 Å². The third-order valence-electron chi connectivity index (χ3n) is 16.1. The van der Waals surface area contributed by atoms with E-state index < -0.39 is 0 Å². The van der Waals surface area contributed by atoms with Crippen molar-refractivity contribution >= 4 is 72.2 Å². The lowest BCUT2D eigenvalue weighted by Gasteiger charge is -2.22. The van der Waals surface area contributed by atoms with E-state index in [1.165, 1.54) is 132 Å². The highest BCUT2D eigenvalue weighted by Crippen LogP contribution is 2.55. The van der Waals surface area contributed by atoms with E-state index in [9.17, 15) is 0 Å². The van der Waals surface area contributed by atoms with Gasteiger partial charge in [-0.05, 0) is 183 Å². The zero-order chi connectivity index (χ0) is 45.3. The van der Waals surface area contributed by atoms with Crippen LogP contribution >= 0.6 is 0 Å². The maximum atomic E-state index is 2.75. The summed E-state index contributed by atoms with van der Waals surface area (Å²) >= 11 is 0. The van der Waals surface area contributed by atoms with E-state index in [1.807, 2.05) is 0 Å². The number of aryl methyl sites for hydroxylation is 4. The molecule has 1 aliphatic heterocycles. The Hall–Kier alpha value is -5.34. The molecule has 2 aliphatic carbocycles. The van der Waals surface area contributed by atoms with Crippen molar-refractivity contribution in [1.82, 2.24) is 4.48 Å². The van der Waals surface area contributed by atoms with Crippen molar-refractivity contribution in [3.05, 3.63) is 141 Å². The highest BCUT2D eigenvalue weighted by Gasteiger charge is 2.35.